The molecule has 100 valence electrons. The molecule has 4 heteroatoms. The van der Waals surface area contributed by atoms with E-state index >= 15 is 0 Å². The fourth-order valence-electron chi connectivity index (χ4n) is 1.78. The van der Waals surface area contributed by atoms with Gasteiger partial charge in [0.2, 0.25) is 0 Å². The highest BCUT2D eigenvalue weighted by Gasteiger charge is 2.07. The summed E-state index contributed by atoms with van der Waals surface area (Å²) in [6.45, 7) is 5.16. The van der Waals surface area contributed by atoms with Gasteiger partial charge in [-0.25, -0.2) is 4.39 Å². The zero-order chi connectivity index (χ0) is 13.5. The number of nitrogens with two attached hydrogens (primary N) is 1. The molecule has 0 heterocycles. The van der Waals surface area contributed by atoms with Crippen molar-refractivity contribution in [2.24, 2.45) is 11.7 Å². The van der Waals surface area contributed by atoms with Crippen LogP contribution >= 0.6 is 0 Å². The summed E-state index contributed by atoms with van der Waals surface area (Å²) in [5.41, 5.74) is 6.19. The molecule has 0 amide bonds. The first-order chi connectivity index (χ1) is 8.54. The Morgan fingerprint density at radius 1 is 1.50 bits per heavy atom. The standard InChI is InChI=1S/C14H21FN2O/c1-3-4-10(2)8-18-9-12-6-5-11(14(16)17)7-13(12)15/h5-7,10H,3-4,8-9H2,1-2H3,(H3,16,17). The molecule has 0 saturated carbocycles. The summed E-state index contributed by atoms with van der Waals surface area (Å²) in [4.78, 5) is 0. The smallest absolute Gasteiger partial charge is 0.129 e. The molecule has 18 heavy (non-hydrogen) atoms. The molecule has 0 aliphatic rings. The maximum absolute atomic E-state index is 13.7. The third kappa shape index (κ3) is 4.45. The lowest BCUT2D eigenvalue weighted by molar-refractivity contribution is 0.0874. The summed E-state index contributed by atoms with van der Waals surface area (Å²) in [7, 11) is 0. The van der Waals surface area contributed by atoms with Crippen molar-refractivity contribution < 1.29 is 9.13 Å². The Kier molecular flexibility index (Phi) is 5.78. The van der Waals surface area contributed by atoms with E-state index in [-0.39, 0.29) is 18.3 Å². The van der Waals surface area contributed by atoms with E-state index < -0.39 is 0 Å². The Bertz CT molecular complexity index is 407. The molecule has 1 aromatic rings. The first-order valence-corrected chi connectivity index (χ1v) is 6.25. The molecule has 0 radical (unpaired) electrons. The summed E-state index contributed by atoms with van der Waals surface area (Å²) >= 11 is 0. The quantitative estimate of drug-likeness (QED) is 0.578. The van der Waals surface area contributed by atoms with Crippen LogP contribution in [0.3, 0.4) is 0 Å². The van der Waals surface area contributed by atoms with Gasteiger partial charge in [-0.15, -0.1) is 0 Å². The van der Waals surface area contributed by atoms with Gasteiger partial charge in [0.15, 0.2) is 0 Å². The van der Waals surface area contributed by atoms with Crippen LogP contribution in [0, 0.1) is 17.1 Å². The molecule has 1 atom stereocenters. The Morgan fingerprint density at radius 3 is 2.78 bits per heavy atom. The van der Waals surface area contributed by atoms with Crippen LogP contribution in [0.5, 0.6) is 0 Å². The Hall–Kier alpha value is -1.42. The number of amidine groups is 1. The molecule has 1 aromatic carbocycles. The van der Waals surface area contributed by atoms with Gasteiger partial charge in [-0.1, -0.05) is 32.4 Å². The highest BCUT2D eigenvalue weighted by molar-refractivity contribution is 5.94. The molecule has 0 fully saturated rings. The van der Waals surface area contributed by atoms with Crippen LogP contribution in [0.1, 0.15) is 37.8 Å². The molecule has 1 unspecified atom stereocenters. The fourth-order valence-corrected chi connectivity index (χ4v) is 1.78. The van der Waals surface area contributed by atoms with Crippen LogP contribution in [0.25, 0.3) is 0 Å². The van der Waals surface area contributed by atoms with Gasteiger partial charge >= 0.3 is 0 Å². The third-order valence-corrected chi connectivity index (χ3v) is 2.81. The molecule has 0 aliphatic carbocycles. The minimum atomic E-state index is -0.370. The van der Waals surface area contributed by atoms with Gasteiger partial charge < -0.3 is 10.5 Å². The lowest BCUT2D eigenvalue weighted by atomic mass is 10.1. The second-order valence-electron chi connectivity index (χ2n) is 4.63. The van der Waals surface area contributed by atoms with E-state index in [0.29, 0.717) is 23.7 Å². The Morgan fingerprint density at radius 2 is 2.22 bits per heavy atom. The third-order valence-electron chi connectivity index (χ3n) is 2.81. The first kappa shape index (κ1) is 14.6. The predicted molar refractivity (Wildman–Crippen MR) is 71.1 cm³/mol. The van der Waals surface area contributed by atoms with Crippen LogP contribution in [0.4, 0.5) is 4.39 Å². The largest absolute Gasteiger partial charge is 0.384 e. The highest BCUT2D eigenvalue weighted by atomic mass is 19.1. The minimum absolute atomic E-state index is 0.127. The number of nitrogens with one attached hydrogen (secondary N) is 1. The molecule has 0 spiro atoms. The summed E-state index contributed by atoms with van der Waals surface area (Å²) in [5, 5.41) is 7.22. The van der Waals surface area contributed by atoms with Crippen molar-refractivity contribution in [1.82, 2.24) is 0 Å². The number of hydrogen-bond donors (Lipinski definition) is 2. The molecule has 0 aliphatic heterocycles. The maximum Gasteiger partial charge on any atom is 0.129 e. The lowest BCUT2D eigenvalue weighted by Crippen LogP contribution is -2.12. The fraction of sp³-hybridized carbons (Fsp3) is 0.500. The SMILES string of the molecule is CCCC(C)COCc1ccc(C(=N)N)cc1F. The maximum atomic E-state index is 13.7. The van der Waals surface area contributed by atoms with Gasteiger partial charge in [0, 0.05) is 17.7 Å². The van der Waals surface area contributed by atoms with Crippen molar-refractivity contribution in [3.63, 3.8) is 0 Å². The lowest BCUT2D eigenvalue weighted by Gasteiger charge is -2.11. The van der Waals surface area contributed by atoms with Crippen molar-refractivity contribution in [1.29, 1.82) is 5.41 Å². The number of ether oxygens (including phenoxy) is 1. The number of nitrogen functional groups attached to an aromatic ring is 1. The van der Waals surface area contributed by atoms with Gasteiger partial charge in [-0.3, -0.25) is 5.41 Å². The van der Waals surface area contributed by atoms with E-state index in [1.165, 1.54) is 6.07 Å². The van der Waals surface area contributed by atoms with Crippen molar-refractivity contribution in [3.8, 4) is 0 Å². The van der Waals surface area contributed by atoms with E-state index in [2.05, 4.69) is 13.8 Å². The van der Waals surface area contributed by atoms with Crippen LogP contribution in [-0.4, -0.2) is 12.4 Å². The van der Waals surface area contributed by atoms with Crippen molar-refractivity contribution >= 4 is 5.84 Å². The highest BCUT2D eigenvalue weighted by Crippen LogP contribution is 2.13. The number of halogens is 1. The summed E-state index contributed by atoms with van der Waals surface area (Å²) in [5.74, 6) is -0.00154. The molecule has 0 aromatic heterocycles. The monoisotopic (exact) mass is 252 g/mol. The average Bonchev–Trinajstić information content (AvgIpc) is 2.31. The van der Waals surface area contributed by atoms with Crippen molar-refractivity contribution in [2.45, 2.75) is 33.3 Å². The second kappa shape index (κ2) is 7.11. The number of hydrogen-bond acceptors (Lipinski definition) is 2. The van der Waals surface area contributed by atoms with Gasteiger partial charge in [-0.2, -0.15) is 0 Å². The van der Waals surface area contributed by atoms with E-state index in [9.17, 15) is 4.39 Å². The molecule has 3 N–H and O–H groups in total. The van der Waals surface area contributed by atoms with Crippen molar-refractivity contribution in [2.75, 3.05) is 6.61 Å². The van der Waals surface area contributed by atoms with Gasteiger partial charge in [0.1, 0.15) is 11.7 Å². The van der Waals surface area contributed by atoms with Crippen LogP contribution in [-0.2, 0) is 11.3 Å². The zero-order valence-electron chi connectivity index (χ0n) is 11.0. The van der Waals surface area contributed by atoms with Crippen LogP contribution < -0.4 is 5.73 Å². The minimum Gasteiger partial charge on any atom is -0.384 e. The summed E-state index contributed by atoms with van der Waals surface area (Å²) < 4.78 is 19.1. The second-order valence-corrected chi connectivity index (χ2v) is 4.63. The normalized spacial score (nSPS) is 12.4. The summed E-state index contributed by atoms with van der Waals surface area (Å²) in [6, 6.07) is 4.53. The van der Waals surface area contributed by atoms with E-state index in [0.717, 1.165) is 12.8 Å². The topological polar surface area (TPSA) is 59.1 Å². The molecule has 0 saturated heterocycles. The van der Waals surface area contributed by atoms with Gasteiger partial charge in [0.25, 0.3) is 0 Å². The first-order valence-electron chi connectivity index (χ1n) is 6.25. The molecule has 3 nitrogen and oxygen atoms in total. The number of benzene rings is 1. The predicted octanol–water partition coefficient (Wildman–Crippen LogP) is 3.06. The van der Waals surface area contributed by atoms with Crippen molar-refractivity contribution in [3.05, 3.63) is 35.1 Å². The number of rotatable bonds is 7. The van der Waals surface area contributed by atoms with Crippen LogP contribution in [0.2, 0.25) is 0 Å². The molecule has 1 rings (SSSR count). The molecule has 0 bridgehead atoms. The summed E-state index contributed by atoms with van der Waals surface area (Å²) in [6.07, 6.45) is 2.25. The van der Waals surface area contributed by atoms with E-state index in [1.807, 2.05) is 0 Å². The average molecular weight is 252 g/mol. The van der Waals surface area contributed by atoms with E-state index in [1.54, 1.807) is 12.1 Å². The van der Waals surface area contributed by atoms with E-state index in [4.69, 9.17) is 15.9 Å². The Balaban J connectivity index is 2.50. The Labute approximate surface area is 108 Å². The zero-order valence-corrected chi connectivity index (χ0v) is 11.0. The molecular weight excluding hydrogens is 231 g/mol. The van der Waals surface area contributed by atoms with Crippen LogP contribution in [0.15, 0.2) is 18.2 Å². The van der Waals surface area contributed by atoms with Gasteiger partial charge in [0.05, 0.1) is 6.61 Å². The molecular formula is C14H21FN2O. The van der Waals surface area contributed by atoms with Gasteiger partial charge in [-0.05, 0) is 18.4 Å².